The second kappa shape index (κ2) is 9.43. The van der Waals surface area contributed by atoms with E-state index in [1.807, 2.05) is 30.0 Å². The number of methoxy groups -OCH3 is 2. The molecule has 1 fully saturated rings. The minimum Gasteiger partial charge on any atom is -0.497 e. The molecule has 1 saturated heterocycles. The van der Waals surface area contributed by atoms with Gasteiger partial charge in [-0.15, -0.1) is 0 Å². The molecule has 1 amide bonds. The molecule has 0 aliphatic carbocycles. The summed E-state index contributed by atoms with van der Waals surface area (Å²) in [7, 11) is 3.20. The normalized spacial score (nSPS) is 17.8. The Morgan fingerprint density at radius 1 is 1.35 bits per heavy atom. The molecule has 2 unspecified atom stereocenters. The predicted octanol–water partition coefficient (Wildman–Crippen LogP) is 2.21. The third-order valence-electron chi connectivity index (χ3n) is 4.75. The van der Waals surface area contributed by atoms with Crippen LogP contribution >= 0.6 is 0 Å². The van der Waals surface area contributed by atoms with Crippen molar-refractivity contribution in [2.24, 2.45) is 0 Å². The van der Waals surface area contributed by atoms with Crippen molar-refractivity contribution in [3.63, 3.8) is 0 Å². The largest absolute Gasteiger partial charge is 0.497 e. The van der Waals surface area contributed by atoms with Gasteiger partial charge in [-0.25, -0.2) is 0 Å². The summed E-state index contributed by atoms with van der Waals surface area (Å²) >= 11 is 0. The molecule has 1 aliphatic rings. The van der Waals surface area contributed by atoms with Gasteiger partial charge >= 0.3 is 5.97 Å². The molecule has 1 aromatic rings. The van der Waals surface area contributed by atoms with Crippen LogP contribution in [0.15, 0.2) is 18.2 Å². The summed E-state index contributed by atoms with van der Waals surface area (Å²) in [5.74, 6) is 0.380. The van der Waals surface area contributed by atoms with Crippen molar-refractivity contribution in [2.75, 3.05) is 27.3 Å². The monoisotopic (exact) mass is 364 g/mol. The highest BCUT2D eigenvalue weighted by Crippen LogP contribution is 2.38. The van der Waals surface area contributed by atoms with Gasteiger partial charge in [-0.3, -0.25) is 14.9 Å². The molecule has 0 bridgehead atoms. The molecule has 26 heavy (non-hydrogen) atoms. The van der Waals surface area contributed by atoms with Crippen LogP contribution in [0.5, 0.6) is 11.5 Å². The molecule has 0 spiro atoms. The van der Waals surface area contributed by atoms with Crippen LogP contribution < -0.4 is 14.8 Å². The van der Waals surface area contributed by atoms with Crippen LogP contribution in [0.3, 0.4) is 0 Å². The summed E-state index contributed by atoms with van der Waals surface area (Å²) in [5.41, 5.74) is 0.947. The second-order valence-corrected chi connectivity index (χ2v) is 6.41. The number of nitrogens with one attached hydrogen (secondary N) is 1. The van der Waals surface area contributed by atoms with Gasteiger partial charge in [-0.2, -0.15) is 0 Å². The molecule has 0 saturated carbocycles. The number of benzene rings is 1. The Kier molecular flexibility index (Phi) is 7.26. The van der Waals surface area contributed by atoms with E-state index in [0.29, 0.717) is 24.5 Å². The number of hydrogen-bond acceptors (Lipinski definition) is 5. The van der Waals surface area contributed by atoms with Crippen LogP contribution in [-0.4, -0.2) is 55.2 Å². The first-order valence-corrected chi connectivity index (χ1v) is 8.99. The second-order valence-electron chi connectivity index (χ2n) is 6.41. The maximum atomic E-state index is 12.7. The van der Waals surface area contributed by atoms with Gasteiger partial charge in [0.05, 0.1) is 26.8 Å². The first kappa shape index (κ1) is 20.0. The maximum Gasteiger partial charge on any atom is 0.320 e. The van der Waals surface area contributed by atoms with Gasteiger partial charge in [0.25, 0.3) is 0 Å². The summed E-state index contributed by atoms with van der Waals surface area (Å²) in [6, 6.07) is 4.84. The number of carboxylic acid groups (broad SMARTS) is 1. The number of carbonyl (C=O) groups is 2. The van der Waals surface area contributed by atoms with E-state index in [4.69, 9.17) is 9.47 Å². The number of nitrogens with zero attached hydrogens (tertiary/aromatic N) is 1. The number of carboxylic acids is 1. The molecule has 144 valence electrons. The molecule has 2 N–H and O–H groups in total. The van der Waals surface area contributed by atoms with E-state index in [1.165, 1.54) is 0 Å². The Bertz CT molecular complexity index is 634. The quantitative estimate of drug-likeness (QED) is 0.698. The van der Waals surface area contributed by atoms with Crippen molar-refractivity contribution in [2.45, 2.75) is 44.7 Å². The minimum atomic E-state index is -0.922. The third-order valence-corrected chi connectivity index (χ3v) is 4.75. The molecule has 1 aromatic carbocycles. The lowest BCUT2D eigenvalue weighted by molar-refractivity contribution is -0.140. The maximum absolute atomic E-state index is 12.7. The number of ether oxygens (including phenoxy) is 2. The highest BCUT2D eigenvalue weighted by molar-refractivity contribution is 5.80. The van der Waals surface area contributed by atoms with Crippen molar-refractivity contribution in [3.8, 4) is 11.5 Å². The first-order valence-electron chi connectivity index (χ1n) is 8.99. The summed E-state index contributed by atoms with van der Waals surface area (Å²) in [4.78, 5) is 25.7. The van der Waals surface area contributed by atoms with Gasteiger partial charge in [0.2, 0.25) is 5.91 Å². The zero-order valence-electron chi connectivity index (χ0n) is 15.7. The van der Waals surface area contributed by atoms with E-state index in [2.05, 4.69) is 5.32 Å². The van der Waals surface area contributed by atoms with Gasteiger partial charge in [-0.1, -0.05) is 13.3 Å². The standard InChI is InChI=1S/C19H28N2O5/c1-4-6-15(19(23)24)20-12-18(22)21-10-5-7-16(21)14-9-8-13(25-2)11-17(14)26-3/h8-9,11,15-16,20H,4-7,10,12H2,1-3H3,(H,23,24). The smallest absolute Gasteiger partial charge is 0.320 e. The lowest BCUT2D eigenvalue weighted by Crippen LogP contribution is -2.44. The summed E-state index contributed by atoms with van der Waals surface area (Å²) < 4.78 is 10.7. The summed E-state index contributed by atoms with van der Waals surface area (Å²) in [5, 5.41) is 12.1. The Labute approximate surface area is 154 Å². The lowest BCUT2D eigenvalue weighted by Gasteiger charge is -2.27. The SMILES string of the molecule is CCCC(NCC(=O)N1CCCC1c1ccc(OC)cc1OC)C(=O)O. The molecule has 1 aliphatic heterocycles. The number of aliphatic carboxylic acids is 1. The Hall–Kier alpha value is -2.28. The van der Waals surface area contributed by atoms with Crippen molar-refractivity contribution in [3.05, 3.63) is 23.8 Å². The Morgan fingerprint density at radius 3 is 2.73 bits per heavy atom. The van der Waals surface area contributed by atoms with Crippen LogP contribution in [0.1, 0.15) is 44.2 Å². The lowest BCUT2D eigenvalue weighted by atomic mass is 10.0. The average molecular weight is 364 g/mol. The highest BCUT2D eigenvalue weighted by atomic mass is 16.5. The summed E-state index contributed by atoms with van der Waals surface area (Å²) in [6.45, 7) is 2.60. The fourth-order valence-electron chi connectivity index (χ4n) is 3.40. The molecule has 0 radical (unpaired) electrons. The van der Waals surface area contributed by atoms with E-state index in [-0.39, 0.29) is 18.5 Å². The van der Waals surface area contributed by atoms with Gasteiger partial charge in [-0.05, 0) is 31.4 Å². The predicted molar refractivity (Wildman–Crippen MR) is 97.6 cm³/mol. The van der Waals surface area contributed by atoms with E-state index in [0.717, 1.165) is 24.8 Å². The molecule has 2 rings (SSSR count). The number of hydrogen-bond donors (Lipinski definition) is 2. The van der Waals surface area contributed by atoms with Crippen molar-refractivity contribution < 1.29 is 24.2 Å². The van der Waals surface area contributed by atoms with Crippen molar-refractivity contribution >= 4 is 11.9 Å². The molecule has 7 nitrogen and oxygen atoms in total. The van der Waals surface area contributed by atoms with Crippen LogP contribution in [0.4, 0.5) is 0 Å². The van der Waals surface area contributed by atoms with Crippen molar-refractivity contribution in [1.82, 2.24) is 10.2 Å². The fraction of sp³-hybridized carbons (Fsp3) is 0.579. The zero-order chi connectivity index (χ0) is 19.1. The van der Waals surface area contributed by atoms with E-state index in [1.54, 1.807) is 14.2 Å². The molecule has 0 aromatic heterocycles. The third kappa shape index (κ3) is 4.66. The topological polar surface area (TPSA) is 88.1 Å². The molecular weight excluding hydrogens is 336 g/mol. The van der Waals surface area contributed by atoms with E-state index >= 15 is 0 Å². The van der Waals surface area contributed by atoms with Crippen LogP contribution in [0.2, 0.25) is 0 Å². The van der Waals surface area contributed by atoms with Gasteiger partial charge < -0.3 is 19.5 Å². The molecule has 7 heteroatoms. The first-order chi connectivity index (χ1) is 12.5. The van der Waals surface area contributed by atoms with Gasteiger partial charge in [0.1, 0.15) is 17.5 Å². The number of amides is 1. The van der Waals surface area contributed by atoms with Gasteiger partial charge in [0, 0.05) is 18.2 Å². The number of likely N-dealkylation sites (tertiary alicyclic amines) is 1. The minimum absolute atomic E-state index is 0.0198. The van der Waals surface area contributed by atoms with Crippen molar-refractivity contribution in [1.29, 1.82) is 0 Å². The van der Waals surface area contributed by atoms with Crippen LogP contribution in [0, 0.1) is 0 Å². The molecular formula is C19H28N2O5. The number of carbonyl (C=O) groups excluding carboxylic acids is 1. The van der Waals surface area contributed by atoms with Gasteiger partial charge in [0.15, 0.2) is 0 Å². The van der Waals surface area contributed by atoms with E-state index < -0.39 is 12.0 Å². The number of rotatable bonds is 9. The summed E-state index contributed by atoms with van der Waals surface area (Å²) in [6.07, 6.45) is 3.00. The average Bonchev–Trinajstić information content (AvgIpc) is 3.13. The highest BCUT2D eigenvalue weighted by Gasteiger charge is 2.32. The Balaban J connectivity index is 2.09. The van der Waals surface area contributed by atoms with Crippen LogP contribution in [0.25, 0.3) is 0 Å². The fourth-order valence-corrected chi connectivity index (χ4v) is 3.40. The Morgan fingerprint density at radius 2 is 2.12 bits per heavy atom. The molecule has 1 heterocycles. The van der Waals surface area contributed by atoms with Crippen LogP contribution in [-0.2, 0) is 9.59 Å². The molecule has 2 atom stereocenters. The van der Waals surface area contributed by atoms with E-state index in [9.17, 15) is 14.7 Å². The zero-order valence-corrected chi connectivity index (χ0v) is 15.7.